The third kappa shape index (κ3) is 2.92. The summed E-state index contributed by atoms with van der Waals surface area (Å²) in [5, 5.41) is 21.9. The Morgan fingerprint density at radius 1 is 1.11 bits per heavy atom. The van der Waals surface area contributed by atoms with Gasteiger partial charge in [-0.3, -0.25) is 4.79 Å². The van der Waals surface area contributed by atoms with E-state index in [0.29, 0.717) is 19.4 Å². The Labute approximate surface area is 115 Å². The van der Waals surface area contributed by atoms with E-state index < -0.39 is 5.41 Å². The van der Waals surface area contributed by atoms with Gasteiger partial charge in [-0.15, -0.1) is 0 Å². The van der Waals surface area contributed by atoms with Crippen molar-refractivity contribution in [2.75, 3.05) is 13.2 Å². The van der Waals surface area contributed by atoms with E-state index >= 15 is 0 Å². The van der Waals surface area contributed by atoms with E-state index in [0.717, 1.165) is 44.9 Å². The molecule has 2 aliphatic carbocycles. The van der Waals surface area contributed by atoms with Gasteiger partial charge in [-0.1, -0.05) is 32.1 Å². The number of nitrogens with zero attached hydrogens (tertiary/aromatic N) is 1. The molecule has 0 unspecified atom stereocenters. The monoisotopic (exact) mass is 264 g/mol. The first-order chi connectivity index (χ1) is 9.16. The number of nitriles is 1. The molecule has 0 saturated heterocycles. The minimum absolute atomic E-state index is 0.116. The van der Waals surface area contributed by atoms with Gasteiger partial charge in [0, 0.05) is 12.0 Å². The van der Waals surface area contributed by atoms with Crippen LogP contribution in [0.4, 0.5) is 0 Å². The fourth-order valence-corrected chi connectivity index (χ4v) is 3.50. The molecule has 2 aliphatic rings. The lowest BCUT2D eigenvalue weighted by Gasteiger charge is -2.32. The highest BCUT2D eigenvalue weighted by molar-refractivity contribution is 5.85. The lowest BCUT2D eigenvalue weighted by Crippen LogP contribution is -2.46. The first-order valence-corrected chi connectivity index (χ1v) is 7.47. The predicted octanol–water partition coefficient (Wildman–Crippen LogP) is 2.13. The van der Waals surface area contributed by atoms with Crippen molar-refractivity contribution < 1.29 is 9.90 Å². The van der Waals surface area contributed by atoms with Crippen molar-refractivity contribution in [3.05, 3.63) is 0 Å². The van der Waals surface area contributed by atoms with Gasteiger partial charge in [0.2, 0.25) is 5.91 Å². The van der Waals surface area contributed by atoms with Crippen molar-refractivity contribution in [1.82, 2.24) is 5.32 Å². The SMILES string of the molecule is N#CC1(C(=O)NCC2(CO)CCCC2)CCCCC1. The van der Waals surface area contributed by atoms with Gasteiger partial charge >= 0.3 is 0 Å². The van der Waals surface area contributed by atoms with E-state index in [-0.39, 0.29) is 17.9 Å². The molecule has 0 aromatic carbocycles. The first-order valence-electron chi connectivity index (χ1n) is 7.47. The minimum atomic E-state index is -0.812. The summed E-state index contributed by atoms with van der Waals surface area (Å²) in [4.78, 5) is 12.4. The van der Waals surface area contributed by atoms with Gasteiger partial charge in [0.1, 0.15) is 5.41 Å². The lowest BCUT2D eigenvalue weighted by molar-refractivity contribution is -0.130. The molecular weight excluding hydrogens is 240 g/mol. The maximum absolute atomic E-state index is 12.4. The van der Waals surface area contributed by atoms with E-state index in [1.54, 1.807) is 0 Å². The van der Waals surface area contributed by atoms with Gasteiger partial charge in [0.15, 0.2) is 0 Å². The quantitative estimate of drug-likeness (QED) is 0.817. The summed E-state index contributed by atoms with van der Waals surface area (Å²) in [5.41, 5.74) is -0.950. The maximum atomic E-state index is 12.4. The van der Waals surface area contributed by atoms with E-state index in [1.165, 1.54) is 0 Å². The zero-order valence-corrected chi connectivity index (χ0v) is 11.6. The highest BCUT2D eigenvalue weighted by atomic mass is 16.3. The number of hydrogen-bond donors (Lipinski definition) is 2. The van der Waals surface area contributed by atoms with Crippen LogP contribution in [0.25, 0.3) is 0 Å². The number of carbonyl (C=O) groups excluding carboxylic acids is 1. The molecule has 0 aliphatic heterocycles. The van der Waals surface area contributed by atoms with E-state index in [4.69, 9.17) is 0 Å². The van der Waals surface area contributed by atoms with Gasteiger partial charge in [-0.25, -0.2) is 0 Å². The molecule has 1 amide bonds. The standard InChI is InChI=1S/C15H24N2O2/c16-10-15(8-2-1-3-9-15)13(19)17-11-14(12-18)6-4-5-7-14/h18H,1-9,11-12H2,(H,17,19). The van der Waals surface area contributed by atoms with Crippen molar-refractivity contribution in [1.29, 1.82) is 5.26 Å². The Kier molecular flexibility index (Phi) is 4.46. The summed E-state index contributed by atoms with van der Waals surface area (Å²) in [6, 6.07) is 2.25. The van der Waals surface area contributed by atoms with Crippen LogP contribution in [0.1, 0.15) is 57.8 Å². The van der Waals surface area contributed by atoms with Crippen LogP contribution in [-0.2, 0) is 4.79 Å². The fourth-order valence-electron chi connectivity index (χ4n) is 3.50. The van der Waals surface area contributed by atoms with Gasteiger partial charge in [-0.05, 0) is 25.7 Å². The number of carbonyl (C=O) groups is 1. The third-order valence-corrected chi connectivity index (χ3v) is 4.98. The normalized spacial score (nSPS) is 24.6. The first kappa shape index (κ1) is 14.3. The Morgan fingerprint density at radius 2 is 1.68 bits per heavy atom. The van der Waals surface area contributed by atoms with Gasteiger partial charge in [0.05, 0.1) is 12.7 Å². The van der Waals surface area contributed by atoms with Crippen molar-refractivity contribution in [3.8, 4) is 6.07 Å². The van der Waals surface area contributed by atoms with E-state index in [9.17, 15) is 15.2 Å². The molecule has 0 spiro atoms. The van der Waals surface area contributed by atoms with Gasteiger partial charge in [-0.2, -0.15) is 5.26 Å². The molecular formula is C15H24N2O2. The molecule has 4 heteroatoms. The number of aliphatic hydroxyl groups excluding tert-OH is 1. The van der Waals surface area contributed by atoms with E-state index in [2.05, 4.69) is 11.4 Å². The van der Waals surface area contributed by atoms with Crippen LogP contribution in [0, 0.1) is 22.2 Å². The maximum Gasteiger partial charge on any atom is 0.240 e. The Bertz CT molecular complexity index is 361. The molecule has 106 valence electrons. The van der Waals surface area contributed by atoms with Gasteiger partial charge < -0.3 is 10.4 Å². The molecule has 2 N–H and O–H groups in total. The molecule has 2 rings (SSSR count). The summed E-state index contributed by atoms with van der Waals surface area (Å²) in [5.74, 6) is -0.116. The molecule has 0 atom stereocenters. The molecule has 4 nitrogen and oxygen atoms in total. The van der Waals surface area contributed by atoms with Crippen LogP contribution in [0.15, 0.2) is 0 Å². The molecule has 0 bridgehead atoms. The van der Waals surface area contributed by atoms with Crippen LogP contribution in [-0.4, -0.2) is 24.2 Å². The van der Waals surface area contributed by atoms with Crippen molar-refractivity contribution >= 4 is 5.91 Å². The van der Waals surface area contributed by atoms with Crippen LogP contribution in [0.3, 0.4) is 0 Å². The summed E-state index contributed by atoms with van der Waals surface area (Å²) in [6.07, 6.45) is 8.62. The number of aliphatic hydroxyl groups is 1. The van der Waals surface area contributed by atoms with Crippen molar-refractivity contribution in [3.63, 3.8) is 0 Å². The van der Waals surface area contributed by atoms with Crippen molar-refractivity contribution in [2.45, 2.75) is 57.8 Å². The highest BCUT2D eigenvalue weighted by Crippen LogP contribution is 2.39. The van der Waals surface area contributed by atoms with Crippen LogP contribution in [0.5, 0.6) is 0 Å². The molecule has 2 saturated carbocycles. The Balaban J connectivity index is 1.94. The third-order valence-electron chi connectivity index (χ3n) is 4.98. The van der Waals surface area contributed by atoms with Crippen molar-refractivity contribution in [2.24, 2.45) is 10.8 Å². The lowest BCUT2D eigenvalue weighted by atomic mass is 9.74. The number of amides is 1. The predicted molar refractivity (Wildman–Crippen MR) is 72.1 cm³/mol. The zero-order chi connectivity index (χ0) is 13.8. The smallest absolute Gasteiger partial charge is 0.240 e. The molecule has 0 heterocycles. The average molecular weight is 264 g/mol. The largest absolute Gasteiger partial charge is 0.396 e. The number of hydrogen-bond acceptors (Lipinski definition) is 3. The second kappa shape index (κ2) is 5.92. The molecule has 0 aromatic heterocycles. The topological polar surface area (TPSA) is 73.1 Å². The highest BCUT2D eigenvalue weighted by Gasteiger charge is 2.41. The Morgan fingerprint density at radius 3 is 2.21 bits per heavy atom. The summed E-state index contributed by atoms with van der Waals surface area (Å²) >= 11 is 0. The molecule has 19 heavy (non-hydrogen) atoms. The fraction of sp³-hybridized carbons (Fsp3) is 0.867. The number of nitrogens with one attached hydrogen (secondary N) is 1. The molecule has 0 aromatic rings. The van der Waals surface area contributed by atoms with Crippen LogP contribution in [0.2, 0.25) is 0 Å². The van der Waals surface area contributed by atoms with E-state index in [1.807, 2.05) is 0 Å². The van der Waals surface area contributed by atoms with Gasteiger partial charge in [0.25, 0.3) is 0 Å². The second-order valence-electron chi connectivity index (χ2n) is 6.30. The summed E-state index contributed by atoms with van der Waals surface area (Å²) in [7, 11) is 0. The van der Waals surface area contributed by atoms with Crippen LogP contribution >= 0.6 is 0 Å². The minimum Gasteiger partial charge on any atom is -0.396 e. The zero-order valence-electron chi connectivity index (χ0n) is 11.6. The summed E-state index contributed by atoms with van der Waals surface area (Å²) in [6.45, 7) is 0.651. The average Bonchev–Trinajstić information content (AvgIpc) is 2.95. The molecule has 2 fully saturated rings. The summed E-state index contributed by atoms with van der Waals surface area (Å²) < 4.78 is 0. The second-order valence-corrected chi connectivity index (χ2v) is 6.30. The molecule has 0 radical (unpaired) electrons. The van der Waals surface area contributed by atoms with Crippen LogP contribution < -0.4 is 5.32 Å². The number of rotatable bonds is 4. The Hall–Kier alpha value is -1.08.